The molecule has 0 aromatic heterocycles. The van der Waals surface area contributed by atoms with E-state index in [2.05, 4.69) is 0 Å². The van der Waals surface area contributed by atoms with Gasteiger partial charge in [0.1, 0.15) is 5.57 Å². The number of hydrogen-bond donors (Lipinski definition) is 0. The highest BCUT2D eigenvalue weighted by molar-refractivity contribution is 6.31. The maximum atomic E-state index is 13.6. The Morgan fingerprint density at radius 2 is 1.08 bits per heavy atom. The monoisotopic (exact) mass is 492 g/mol. The summed E-state index contributed by atoms with van der Waals surface area (Å²) in [5.41, 5.74) is -0.0197. The van der Waals surface area contributed by atoms with Crippen molar-refractivity contribution in [3.8, 4) is 0 Å². The van der Waals surface area contributed by atoms with Crippen molar-refractivity contribution in [2.24, 2.45) is 0 Å². The Kier molecular flexibility index (Phi) is 7.33. The molecular weight excluding hydrogens is 469 g/mol. The Hall–Kier alpha value is -4.20. The average molecular weight is 492 g/mol. The molecule has 0 saturated carbocycles. The number of imide groups is 2. The average Bonchev–Trinajstić information content (AvgIpc) is 2.87. The van der Waals surface area contributed by atoms with Crippen LogP contribution in [0.1, 0.15) is 22.3 Å². The first-order chi connectivity index (χ1) is 17.3. The summed E-state index contributed by atoms with van der Waals surface area (Å²) in [5.74, 6) is -1.82. The van der Waals surface area contributed by atoms with Crippen LogP contribution in [0.3, 0.4) is 0 Å². The zero-order valence-electron chi connectivity index (χ0n) is 19.2. The minimum atomic E-state index is -4.68. The maximum Gasteiger partial charge on any atom is 0.416 e. The predicted octanol–water partition coefficient (Wildman–Crippen LogP) is 5.37. The number of benzene rings is 3. The third-order valence-corrected chi connectivity index (χ3v) is 5.91. The first kappa shape index (κ1) is 24.9. The number of barbiturate groups is 1. The summed E-state index contributed by atoms with van der Waals surface area (Å²) in [6.07, 6.45) is -3.06. The van der Waals surface area contributed by atoms with E-state index in [4.69, 9.17) is 0 Å². The van der Waals surface area contributed by atoms with Gasteiger partial charge >= 0.3 is 12.2 Å². The van der Waals surface area contributed by atoms with Crippen molar-refractivity contribution in [2.75, 3.05) is 13.1 Å². The Balaban J connectivity index is 1.69. The maximum absolute atomic E-state index is 13.6. The van der Waals surface area contributed by atoms with Gasteiger partial charge in [-0.15, -0.1) is 0 Å². The van der Waals surface area contributed by atoms with Gasteiger partial charge < -0.3 is 0 Å². The summed E-state index contributed by atoms with van der Waals surface area (Å²) < 4.78 is 40.7. The molecule has 1 fully saturated rings. The van der Waals surface area contributed by atoms with Crippen molar-refractivity contribution < 1.29 is 27.6 Å². The van der Waals surface area contributed by atoms with Crippen molar-refractivity contribution in [2.45, 2.75) is 19.0 Å². The van der Waals surface area contributed by atoms with Gasteiger partial charge in [0.15, 0.2) is 0 Å². The molecule has 1 saturated heterocycles. The predicted molar refractivity (Wildman–Crippen MR) is 129 cm³/mol. The number of carbonyl (C=O) groups is 3. The van der Waals surface area contributed by atoms with Crippen molar-refractivity contribution >= 4 is 23.9 Å². The van der Waals surface area contributed by atoms with Crippen molar-refractivity contribution in [3.63, 3.8) is 0 Å². The molecule has 3 aromatic rings. The van der Waals surface area contributed by atoms with Gasteiger partial charge in [-0.2, -0.15) is 13.2 Å². The molecule has 0 unspecified atom stereocenters. The van der Waals surface area contributed by atoms with Crippen LogP contribution in [0.4, 0.5) is 18.0 Å². The molecule has 0 N–H and O–H groups in total. The summed E-state index contributed by atoms with van der Waals surface area (Å²) in [4.78, 5) is 41.6. The van der Waals surface area contributed by atoms with Crippen molar-refractivity contribution in [1.82, 2.24) is 9.80 Å². The molecule has 0 radical (unpaired) electrons. The number of halogens is 3. The van der Waals surface area contributed by atoms with Gasteiger partial charge in [0.2, 0.25) is 0 Å². The van der Waals surface area contributed by atoms with Gasteiger partial charge in [0.05, 0.1) is 5.56 Å². The van der Waals surface area contributed by atoms with Gasteiger partial charge in [-0.25, -0.2) is 4.79 Å². The first-order valence-corrected chi connectivity index (χ1v) is 11.4. The highest BCUT2D eigenvalue weighted by Crippen LogP contribution is 2.33. The van der Waals surface area contributed by atoms with Crippen LogP contribution in [0, 0.1) is 0 Å². The van der Waals surface area contributed by atoms with Crippen LogP contribution in [0.2, 0.25) is 0 Å². The highest BCUT2D eigenvalue weighted by atomic mass is 19.4. The largest absolute Gasteiger partial charge is 0.416 e. The molecular formula is C28H23F3N2O3. The Morgan fingerprint density at radius 3 is 1.56 bits per heavy atom. The van der Waals surface area contributed by atoms with Gasteiger partial charge in [-0.1, -0.05) is 78.9 Å². The smallest absolute Gasteiger partial charge is 0.268 e. The van der Waals surface area contributed by atoms with E-state index < -0.39 is 35.2 Å². The zero-order chi connectivity index (χ0) is 25.7. The van der Waals surface area contributed by atoms with E-state index >= 15 is 0 Å². The van der Waals surface area contributed by atoms with Crippen molar-refractivity contribution in [1.29, 1.82) is 0 Å². The lowest BCUT2D eigenvalue weighted by atomic mass is 10.0. The quantitative estimate of drug-likeness (QED) is 0.329. The number of carbonyl (C=O) groups excluding carboxylic acids is 3. The van der Waals surface area contributed by atoms with E-state index in [1.165, 1.54) is 18.2 Å². The molecule has 1 heterocycles. The second-order valence-electron chi connectivity index (χ2n) is 8.31. The summed E-state index contributed by atoms with van der Waals surface area (Å²) in [5, 5.41) is 0. The third-order valence-electron chi connectivity index (χ3n) is 5.91. The fourth-order valence-corrected chi connectivity index (χ4v) is 4.03. The molecule has 5 nitrogen and oxygen atoms in total. The molecule has 1 aliphatic heterocycles. The Bertz CT molecular complexity index is 1220. The van der Waals surface area contributed by atoms with Gasteiger partial charge in [-0.05, 0) is 41.7 Å². The number of alkyl halides is 3. The number of urea groups is 1. The van der Waals surface area contributed by atoms with Crippen LogP contribution in [-0.4, -0.2) is 40.7 Å². The highest BCUT2D eigenvalue weighted by Gasteiger charge is 2.42. The minimum Gasteiger partial charge on any atom is -0.268 e. The number of hydrogen-bond acceptors (Lipinski definition) is 3. The minimum absolute atomic E-state index is 0.0188. The SMILES string of the molecule is O=C1C(=Cc2ccccc2C(F)(F)F)C(=O)N(CCc2ccccc2)C(=O)N1CCc1ccccc1. The van der Waals surface area contributed by atoms with Gasteiger partial charge in [0.25, 0.3) is 11.8 Å². The lowest BCUT2D eigenvalue weighted by Crippen LogP contribution is -2.57. The summed E-state index contributed by atoms with van der Waals surface area (Å²) >= 11 is 0. The first-order valence-electron chi connectivity index (χ1n) is 11.4. The number of rotatable bonds is 7. The van der Waals surface area contributed by atoms with E-state index in [9.17, 15) is 27.6 Å². The molecule has 1 aliphatic rings. The van der Waals surface area contributed by atoms with Crippen LogP contribution < -0.4 is 0 Å². The second-order valence-corrected chi connectivity index (χ2v) is 8.31. The van der Waals surface area contributed by atoms with Gasteiger partial charge in [-0.3, -0.25) is 19.4 Å². The summed E-state index contributed by atoms with van der Waals surface area (Å²) in [7, 11) is 0. The molecule has 3 aromatic carbocycles. The molecule has 0 bridgehead atoms. The lowest BCUT2D eigenvalue weighted by Gasteiger charge is -2.34. The van der Waals surface area contributed by atoms with E-state index in [0.717, 1.165) is 33.1 Å². The van der Waals surface area contributed by atoms with E-state index in [0.29, 0.717) is 12.8 Å². The molecule has 0 atom stereocenters. The van der Waals surface area contributed by atoms with Crippen molar-refractivity contribution in [3.05, 3.63) is 113 Å². The molecule has 4 amide bonds. The Morgan fingerprint density at radius 1 is 0.639 bits per heavy atom. The van der Waals surface area contributed by atoms with Crippen LogP contribution in [0.25, 0.3) is 6.08 Å². The second kappa shape index (κ2) is 10.6. The van der Waals surface area contributed by atoms with Gasteiger partial charge in [0, 0.05) is 13.1 Å². The number of amides is 4. The molecule has 4 rings (SSSR count). The fourth-order valence-electron chi connectivity index (χ4n) is 4.03. The number of nitrogens with zero attached hydrogens (tertiary/aromatic N) is 2. The third kappa shape index (κ3) is 5.54. The molecule has 0 aliphatic carbocycles. The standard InChI is InChI=1S/C28H23F3N2O3/c29-28(30,31)24-14-8-7-13-22(24)19-23-25(34)32(17-15-20-9-3-1-4-10-20)27(36)33(26(23)35)18-16-21-11-5-2-6-12-21/h1-14,19H,15-18H2. The van der Waals surface area contributed by atoms with Crippen LogP contribution >= 0.6 is 0 Å². The Labute approximate surface area is 206 Å². The van der Waals surface area contributed by atoms with Crippen LogP contribution in [0.15, 0.2) is 90.5 Å². The van der Waals surface area contributed by atoms with Crippen LogP contribution in [-0.2, 0) is 28.6 Å². The normalized spacial score (nSPS) is 14.4. The summed E-state index contributed by atoms with van der Waals surface area (Å²) in [6.45, 7) is -0.0376. The van der Waals surface area contributed by atoms with E-state index in [1.54, 1.807) is 0 Å². The van der Waals surface area contributed by atoms with Crippen LogP contribution in [0.5, 0.6) is 0 Å². The van der Waals surface area contributed by atoms with E-state index in [1.807, 2.05) is 60.7 Å². The fraction of sp³-hybridized carbons (Fsp3) is 0.179. The molecule has 0 spiro atoms. The molecule has 184 valence electrons. The summed E-state index contributed by atoms with van der Waals surface area (Å²) in [6, 6.07) is 22.3. The zero-order valence-corrected chi connectivity index (χ0v) is 19.2. The van der Waals surface area contributed by atoms with E-state index in [-0.39, 0.29) is 18.7 Å². The topological polar surface area (TPSA) is 57.7 Å². The molecule has 36 heavy (non-hydrogen) atoms. The molecule has 8 heteroatoms. The lowest BCUT2D eigenvalue weighted by molar-refractivity contribution is -0.138.